The van der Waals surface area contributed by atoms with Crippen molar-refractivity contribution < 1.29 is 26.9 Å². The molecule has 0 bridgehead atoms. The Balaban J connectivity index is 1.97. The molecular formula is C18H25NO6S2. The highest BCUT2D eigenvalue weighted by Crippen LogP contribution is 2.34. The van der Waals surface area contributed by atoms with Crippen LogP contribution in [0.5, 0.6) is 0 Å². The zero-order chi connectivity index (χ0) is 19.9. The van der Waals surface area contributed by atoms with Crippen LogP contribution in [0.15, 0.2) is 30.3 Å². The molecule has 27 heavy (non-hydrogen) atoms. The number of carbonyl (C=O) groups excluding carboxylic acids is 2. The third-order valence-electron chi connectivity index (χ3n) is 4.24. The van der Waals surface area contributed by atoms with Gasteiger partial charge in [-0.15, -0.1) is 0 Å². The quantitative estimate of drug-likeness (QED) is 0.374. The number of amides is 1. The summed E-state index contributed by atoms with van der Waals surface area (Å²) in [4.78, 5) is 23.6. The molecule has 1 N–H and O–H groups in total. The van der Waals surface area contributed by atoms with Crippen LogP contribution in [0.3, 0.4) is 0 Å². The fourth-order valence-electron chi connectivity index (χ4n) is 2.94. The van der Waals surface area contributed by atoms with Gasteiger partial charge in [0.2, 0.25) is 0 Å². The van der Waals surface area contributed by atoms with Crippen LogP contribution in [-0.4, -0.2) is 56.8 Å². The van der Waals surface area contributed by atoms with Crippen molar-refractivity contribution in [2.45, 2.75) is 43.1 Å². The van der Waals surface area contributed by atoms with Crippen LogP contribution in [0.1, 0.15) is 36.0 Å². The van der Waals surface area contributed by atoms with Crippen molar-refractivity contribution >= 4 is 33.8 Å². The molecule has 150 valence electrons. The predicted molar refractivity (Wildman–Crippen MR) is 104 cm³/mol. The summed E-state index contributed by atoms with van der Waals surface area (Å²) in [7, 11) is -2.31. The monoisotopic (exact) mass is 415 g/mol. The highest BCUT2D eigenvalue weighted by atomic mass is 32.2. The van der Waals surface area contributed by atoms with E-state index in [0.29, 0.717) is 30.6 Å². The van der Waals surface area contributed by atoms with Crippen molar-refractivity contribution in [3.05, 3.63) is 35.9 Å². The Morgan fingerprint density at radius 2 is 1.93 bits per heavy atom. The van der Waals surface area contributed by atoms with Crippen LogP contribution in [0.25, 0.3) is 0 Å². The molecule has 1 heterocycles. The van der Waals surface area contributed by atoms with E-state index in [9.17, 15) is 18.0 Å². The summed E-state index contributed by atoms with van der Waals surface area (Å²) in [6.45, 7) is 0. The molecule has 1 aliphatic heterocycles. The molecule has 3 unspecified atom stereocenters. The number of hydrogen-bond donors (Lipinski definition) is 1. The van der Waals surface area contributed by atoms with Crippen molar-refractivity contribution in [1.29, 1.82) is 0 Å². The van der Waals surface area contributed by atoms with Crippen LogP contribution in [0.4, 0.5) is 0 Å². The molecule has 1 saturated heterocycles. The van der Waals surface area contributed by atoms with Crippen molar-refractivity contribution in [1.82, 2.24) is 5.32 Å². The lowest BCUT2D eigenvalue weighted by Gasteiger charge is -2.24. The first-order valence-electron chi connectivity index (χ1n) is 8.73. The van der Waals surface area contributed by atoms with Gasteiger partial charge in [-0.2, -0.15) is 20.2 Å². The van der Waals surface area contributed by atoms with Crippen molar-refractivity contribution in [3.8, 4) is 0 Å². The summed E-state index contributed by atoms with van der Waals surface area (Å²) in [6, 6.07) is 8.37. The Morgan fingerprint density at radius 1 is 1.22 bits per heavy atom. The van der Waals surface area contributed by atoms with E-state index in [0.717, 1.165) is 12.7 Å². The molecule has 9 heteroatoms. The van der Waals surface area contributed by atoms with E-state index in [4.69, 9.17) is 4.18 Å². The summed E-state index contributed by atoms with van der Waals surface area (Å²) < 4.78 is 33.3. The molecule has 7 nitrogen and oxygen atoms in total. The summed E-state index contributed by atoms with van der Waals surface area (Å²) in [5.74, 6) is 0.0566. The largest absolute Gasteiger partial charge is 0.469 e. The lowest BCUT2D eigenvalue weighted by molar-refractivity contribution is -0.140. The average molecular weight is 416 g/mol. The van der Waals surface area contributed by atoms with E-state index in [1.165, 1.54) is 7.11 Å². The number of carbonyl (C=O) groups is 2. The van der Waals surface area contributed by atoms with Gasteiger partial charge < -0.3 is 10.1 Å². The maximum atomic E-state index is 12.4. The van der Waals surface area contributed by atoms with Gasteiger partial charge in [0.05, 0.1) is 19.4 Å². The Bertz CT molecular complexity index is 737. The van der Waals surface area contributed by atoms with Gasteiger partial charge in [0.1, 0.15) is 6.10 Å². The predicted octanol–water partition coefficient (Wildman–Crippen LogP) is 1.98. The van der Waals surface area contributed by atoms with E-state index in [1.54, 1.807) is 36.0 Å². The number of nitrogens with one attached hydrogen (secondary N) is 1. The lowest BCUT2D eigenvalue weighted by atomic mass is 10.0. The first-order chi connectivity index (χ1) is 12.8. The molecular weight excluding hydrogens is 390 g/mol. The summed E-state index contributed by atoms with van der Waals surface area (Å²) in [5, 5.41) is 2.82. The van der Waals surface area contributed by atoms with Crippen molar-refractivity contribution in [2.24, 2.45) is 0 Å². The number of methoxy groups -OCH3 is 1. The maximum absolute atomic E-state index is 12.4. The molecule has 0 radical (unpaired) electrons. The van der Waals surface area contributed by atoms with Crippen LogP contribution in [-0.2, 0) is 23.8 Å². The van der Waals surface area contributed by atoms with Gasteiger partial charge in [0, 0.05) is 23.0 Å². The Labute approximate surface area is 164 Å². The van der Waals surface area contributed by atoms with Crippen LogP contribution < -0.4 is 5.32 Å². The SMILES string of the molecule is COC(=O)CCCCC1SCC(NC(=O)c2ccccc2)C1OS(C)(=O)=O. The van der Waals surface area contributed by atoms with Gasteiger partial charge in [-0.1, -0.05) is 24.6 Å². The Kier molecular flexibility index (Phi) is 8.12. The van der Waals surface area contributed by atoms with E-state index in [2.05, 4.69) is 10.1 Å². The number of hydrogen-bond acceptors (Lipinski definition) is 7. The van der Waals surface area contributed by atoms with Gasteiger partial charge in [0.15, 0.2) is 0 Å². The fourth-order valence-corrected chi connectivity index (χ4v) is 5.17. The molecule has 1 aromatic carbocycles. The minimum Gasteiger partial charge on any atom is -0.469 e. The average Bonchev–Trinajstić information content (AvgIpc) is 2.99. The van der Waals surface area contributed by atoms with Crippen LogP contribution in [0, 0.1) is 0 Å². The van der Waals surface area contributed by atoms with Crippen molar-refractivity contribution in [2.75, 3.05) is 19.1 Å². The third kappa shape index (κ3) is 7.15. The number of esters is 1. The molecule has 3 atom stereocenters. The van der Waals surface area contributed by atoms with Gasteiger partial charge in [-0.05, 0) is 25.0 Å². The smallest absolute Gasteiger partial charge is 0.305 e. The second-order valence-electron chi connectivity index (χ2n) is 6.40. The first-order valence-corrected chi connectivity index (χ1v) is 11.6. The second-order valence-corrected chi connectivity index (χ2v) is 9.28. The molecule has 1 aromatic rings. The van der Waals surface area contributed by atoms with Gasteiger partial charge in [-0.25, -0.2) is 0 Å². The Hall–Kier alpha value is -1.58. The molecule has 0 saturated carbocycles. The number of rotatable bonds is 9. The number of ether oxygens (including phenoxy) is 1. The van der Waals surface area contributed by atoms with Gasteiger partial charge in [-0.3, -0.25) is 13.8 Å². The molecule has 0 aromatic heterocycles. The standard InChI is InChI=1S/C18H25NO6S2/c1-24-16(20)11-7-6-10-15-17(25-27(2,22)23)14(12-26-15)19-18(21)13-8-4-3-5-9-13/h3-5,8-9,14-15,17H,6-7,10-12H2,1-2H3,(H,19,21). The molecule has 1 amide bonds. The summed E-state index contributed by atoms with van der Waals surface area (Å²) >= 11 is 1.58. The zero-order valence-electron chi connectivity index (χ0n) is 15.4. The summed E-state index contributed by atoms with van der Waals surface area (Å²) in [6.07, 6.45) is 2.82. The minimum atomic E-state index is -3.66. The summed E-state index contributed by atoms with van der Waals surface area (Å²) in [5.41, 5.74) is 0.516. The number of unbranched alkanes of at least 4 members (excludes halogenated alkanes) is 1. The highest BCUT2D eigenvalue weighted by molar-refractivity contribution is 8.00. The molecule has 0 aliphatic carbocycles. The first kappa shape index (κ1) is 21.7. The van der Waals surface area contributed by atoms with Crippen molar-refractivity contribution in [3.63, 3.8) is 0 Å². The van der Waals surface area contributed by atoms with E-state index in [-0.39, 0.29) is 17.1 Å². The normalized spacial score (nSPS) is 22.4. The minimum absolute atomic E-state index is 0.0709. The van der Waals surface area contributed by atoms with E-state index < -0.39 is 22.3 Å². The van der Waals surface area contributed by atoms with Gasteiger partial charge >= 0.3 is 5.97 Å². The van der Waals surface area contributed by atoms with Gasteiger partial charge in [0.25, 0.3) is 16.0 Å². The third-order valence-corrected chi connectivity index (χ3v) is 6.29. The van der Waals surface area contributed by atoms with Crippen LogP contribution >= 0.6 is 11.8 Å². The molecule has 1 aliphatic rings. The number of benzene rings is 1. The lowest BCUT2D eigenvalue weighted by Crippen LogP contribution is -2.46. The van der Waals surface area contributed by atoms with E-state index >= 15 is 0 Å². The fraction of sp³-hybridized carbons (Fsp3) is 0.556. The maximum Gasteiger partial charge on any atom is 0.305 e. The molecule has 2 rings (SSSR count). The molecule has 1 fully saturated rings. The van der Waals surface area contributed by atoms with E-state index in [1.807, 2.05) is 6.07 Å². The highest BCUT2D eigenvalue weighted by Gasteiger charge is 2.40. The second kappa shape index (κ2) is 10.1. The van der Waals surface area contributed by atoms with Crippen LogP contribution in [0.2, 0.25) is 0 Å². The zero-order valence-corrected chi connectivity index (χ0v) is 17.1. The number of thioether (sulfide) groups is 1. The topological polar surface area (TPSA) is 98.8 Å². The molecule has 0 spiro atoms. The Morgan fingerprint density at radius 3 is 2.56 bits per heavy atom.